The number of aliphatic hydroxyl groups is 1. The fourth-order valence-corrected chi connectivity index (χ4v) is 8.01. The van der Waals surface area contributed by atoms with Crippen molar-refractivity contribution in [1.29, 1.82) is 0 Å². The highest BCUT2D eigenvalue weighted by molar-refractivity contribution is 5.96. The van der Waals surface area contributed by atoms with Gasteiger partial charge < -0.3 is 40.3 Å². The zero-order valence-electron chi connectivity index (χ0n) is 28.6. The first kappa shape index (κ1) is 34.0. The molecule has 4 aromatic carbocycles. The van der Waals surface area contributed by atoms with Crippen molar-refractivity contribution in [3.8, 4) is 34.5 Å². The maximum atomic E-state index is 14.6. The van der Waals surface area contributed by atoms with E-state index in [1.165, 1.54) is 20.3 Å². The van der Waals surface area contributed by atoms with Gasteiger partial charge in [0.2, 0.25) is 5.75 Å². The normalized spacial score (nSPS) is 19.3. The van der Waals surface area contributed by atoms with E-state index in [0.717, 1.165) is 51.6 Å². The molecule has 0 saturated carbocycles. The zero-order chi connectivity index (χ0) is 35.8. The predicted molar refractivity (Wildman–Crippen MR) is 194 cm³/mol. The van der Waals surface area contributed by atoms with Crippen molar-refractivity contribution >= 4 is 28.1 Å². The molecule has 0 amide bonds. The molecule has 0 spiro atoms. The van der Waals surface area contributed by atoms with Gasteiger partial charge in [-0.3, -0.25) is 4.79 Å². The van der Waals surface area contributed by atoms with Crippen LogP contribution in [0.2, 0.25) is 0 Å². The smallest absolute Gasteiger partial charge is 0.200 e. The molecule has 1 aliphatic heterocycles. The minimum Gasteiger partial charge on any atom is -0.508 e. The molecular formula is C41H42N2O8. The molecule has 2 heterocycles. The summed E-state index contributed by atoms with van der Waals surface area (Å²) in [5.74, 6) is -0.688. The summed E-state index contributed by atoms with van der Waals surface area (Å²) in [5.41, 5.74) is 5.36. The van der Waals surface area contributed by atoms with E-state index in [0.29, 0.717) is 36.4 Å². The van der Waals surface area contributed by atoms with Gasteiger partial charge in [0.25, 0.3) is 0 Å². The highest BCUT2D eigenvalue weighted by atomic mass is 16.5. The second-order valence-corrected chi connectivity index (χ2v) is 13.8. The number of phenols is 4. The highest BCUT2D eigenvalue weighted by Gasteiger charge is 2.34. The summed E-state index contributed by atoms with van der Waals surface area (Å²) in [7, 11) is 2.90. The maximum Gasteiger partial charge on any atom is 0.200 e. The van der Waals surface area contributed by atoms with Gasteiger partial charge in [0.15, 0.2) is 23.0 Å². The van der Waals surface area contributed by atoms with Crippen LogP contribution < -0.4 is 14.8 Å². The van der Waals surface area contributed by atoms with Gasteiger partial charge in [0.1, 0.15) is 17.4 Å². The lowest BCUT2D eigenvalue weighted by atomic mass is 9.73. The lowest BCUT2D eigenvalue weighted by Crippen LogP contribution is -2.32. The zero-order valence-corrected chi connectivity index (χ0v) is 28.6. The van der Waals surface area contributed by atoms with E-state index in [9.17, 15) is 30.3 Å². The van der Waals surface area contributed by atoms with Crippen LogP contribution in [0.15, 0.2) is 72.9 Å². The van der Waals surface area contributed by atoms with Crippen LogP contribution in [-0.4, -0.2) is 56.6 Å². The first-order valence-corrected chi connectivity index (χ1v) is 17.3. The van der Waals surface area contributed by atoms with Crippen molar-refractivity contribution in [2.75, 3.05) is 19.5 Å². The second kappa shape index (κ2) is 14.0. The quantitative estimate of drug-likeness (QED) is 0.0968. The number of carbonyl (C=O) groups is 1. The van der Waals surface area contributed by atoms with Gasteiger partial charge in [-0.2, -0.15) is 0 Å². The third kappa shape index (κ3) is 6.83. The molecule has 1 aliphatic carbocycles. The van der Waals surface area contributed by atoms with Gasteiger partial charge in [0.05, 0.1) is 20.3 Å². The van der Waals surface area contributed by atoms with Crippen LogP contribution in [0.3, 0.4) is 0 Å². The van der Waals surface area contributed by atoms with Gasteiger partial charge in [-0.1, -0.05) is 12.1 Å². The SMILES string of the molecule is COc1cc(CC[C@@H](O)[C@@H]2Cc3ccnc(c3)Nc3ccc4cc(O)cc5c4c3[C@H](CC5)C[C@@H](c3cc(O)c(O)c(OC)c3)CC2=O)ccc1O. The van der Waals surface area contributed by atoms with Gasteiger partial charge in [-0.25, -0.2) is 4.98 Å². The molecule has 0 unspecified atom stereocenters. The molecule has 7 rings (SSSR count). The van der Waals surface area contributed by atoms with Crippen LogP contribution in [0, 0.1) is 5.92 Å². The number of ether oxygens (including phenoxy) is 2. The Balaban J connectivity index is 1.31. The van der Waals surface area contributed by atoms with Crippen LogP contribution in [0.25, 0.3) is 10.8 Å². The lowest BCUT2D eigenvalue weighted by Gasteiger charge is -2.32. The predicted octanol–water partition coefficient (Wildman–Crippen LogP) is 7.15. The highest BCUT2D eigenvalue weighted by Crippen LogP contribution is 2.49. The van der Waals surface area contributed by atoms with E-state index in [1.807, 2.05) is 30.3 Å². The molecule has 10 nitrogen and oxygen atoms in total. The van der Waals surface area contributed by atoms with E-state index in [2.05, 4.69) is 10.3 Å². The molecule has 6 N–H and O–H groups in total. The summed E-state index contributed by atoms with van der Waals surface area (Å²) in [6.07, 6.45) is 3.86. The van der Waals surface area contributed by atoms with Crippen molar-refractivity contribution in [2.24, 2.45) is 5.92 Å². The fourth-order valence-electron chi connectivity index (χ4n) is 8.01. The van der Waals surface area contributed by atoms with Crippen molar-refractivity contribution in [1.82, 2.24) is 4.98 Å². The number of pyridine rings is 1. The standard InChI is InChI=1S/C41H42N2O8/c1-50-36-14-22(4-10-33(36)46)3-9-32(45)30-13-23-11-12-42-38(15-23)43-31-8-7-26-18-29(44)17-25-6-5-24(40(31)39(25)26)16-27(19-34(30)47)28-20-35(48)41(49)37(21-28)51-2/h4,7-8,10-12,14-15,17-18,20-21,24,27,30,32,44-46,48-49H,3,5-6,9,13,16,19H2,1-2H3,(H,42,43)/t24-,27-,30+,32-/m1/s1. The molecule has 4 atom stereocenters. The third-order valence-corrected chi connectivity index (χ3v) is 10.6. The van der Waals surface area contributed by atoms with Crippen LogP contribution in [0.5, 0.6) is 34.5 Å². The number of anilines is 2. The summed E-state index contributed by atoms with van der Waals surface area (Å²) in [5, 5.41) is 59.1. The number of benzene rings is 4. The molecule has 5 aromatic rings. The van der Waals surface area contributed by atoms with Crippen molar-refractivity contribution in [3.63, 3.8) is 0 Å². The number of aromatic nitrogens is 1. The van der Waals surface area contributed by atoms with Gasteiger partial charge >= 0.3 is 0 Å². The van der Waals surface area contributed by atoms with Crippen molar-refractivity contribution < 1.29 is 39.8 Å². The van der Waals surface area contributed by atoms with Gasteiger partial charge in [-0.05, 0) is 144 Å². The third-order valence-electron chi connectivity index (χ3n) is 10.6. The van der Waals surface area contributed by atoms with E-state index in [1.54, 1.807) is 36.5 Å². The van der Waals surface area contributed by atoms with Crippen LogP contribution >= 0.6 is 0 Å². The monoisotopic (exact) mass is 690 g/mol. The van der Waals surface area contributed by atoms with Gasteiger partial charge in [-0.15, -0.1) is 0 Å². The first-order valence-electron chi connectivity index (χ1n) is 17.3. The number of nitrogens with one attached hydrogen (secondary N) is 1. The first-order chi connectivity index (χ1) is 24.6. The Morgan fingerprint density at radius 2 is 1.71 bits per heavy atom. The van der Waals surface area contributed by atoms with E-state index >= 15 is 0 Å². The fraction of sp³-hybridized carbons (Fsp3) is 0.317. The van der Waals surface area contributed by atoms with Crippen molar-refractivity contribution in [3.05, 3.63) is 101 Å². The van der Waals surface area contributed by atoms with E-state index in [4.69, 9.17) is 9.47 Å². The summed E-state index contributed by atoms with van der Waals surface area (Å²) >= 11 is 0. The molecule has 0 saturated heterocycles. The average molecular weight is 691 g/mol. The molecule has 264 valence electrons. The largest absolute Gasteiger partial charge is 0.508 e. The Bertz CT molecular complexity index is 2110. The summed E-state index contributed by atoms with van der Waals surface area (Å²) in [6.45, 7) is 0. The Labute approximate surface area is 296 Å². The maximum absolute atomic E-state index is 14.6. The molecular weight excluding hydrogens is 648 g/mol. The lowest BCUT2D eigenvalue weighted by molar-refractivity contribution is -0.127. The van der Waals surface area contributed by atoms with Crippen LogP contribution in [-0.2, 0) is 24.1 Å². The minimum atomic E-state index is -0.985. The molecule has 0 fully saturated rings. The average Bonchev–Trinajstić information content (AvgIpc) is 3.12. The summed E-state index contributed by atoms with van der Waals surface area (Å²) in [4.78, 5) is 19.2. The van der Waals surface area contributed by atoms with E-state index in [-0.39, 0.29) is 53.3 Å². The number of fused-ring (bicyclic) bond motifs is 2. The Hall–Kier alpha value is -5.48. The number of hydrogen-bond acceptors (Lipinski definition) is 10. The number of rotatable bonds is 7. The van der Waals surface area contributed by atoms with E-state index < -0.39 is 17.9 Å². The number of hydrogen-bond donors (Lipinski definition) is 6. The minimum absolute atomic E-state index is 0.0234. The number of ketones is 1. The Morgan fingerprint density at radius 3 is 2.51 bits per heavy atom. The number of methoxy groups -OCH3 is 2. The second-order valence-electron chi connectivity index (χ2n) is 13.8. The Morgan fingerprint density at radius 1 is 0.882 bits per heavy atom. The van der Waals surface area contributed by atoms with Crippen LogP contribution in [0.1, 0.15) is 65.3 Å². The molecule has 10 heteroatoms. The number of aryl methyl sites for hydroxylation is 2. The molecule has 1 aromatic heterocycles. The molecule has 2 bridgehead atoms. The van der Waals surface area contributed by atoms with Crippen LogP contribution in [0.4, 0.5) is 11.5 Å². The topological polar surface area (TPSA) is 162 Å². The summed E-state index contributed by atoms with van der Waals surface area (Å²) < 4.78 is 10.7. The number of aromatic hydroxyl groups is 4. The molecule has 2 aliphatic rings. The number of aliphatic hydroxyl groups excluding tert-OH is 1. The molecule has 51 heavy (non-hydrogen) atoms. The number of carbonyl (C=O) groups excluding carboxylic acids is 1. The number of Topliss-reactive ketones (excluding diaryl/α,β-unsaturated/α-hetero) is 1. The molecule has 0 radical (unpaired) electrons. The van der Waals surface area contributed by atoms with Gasteiger partial charge in [0, 0.05) is 24.2 Å². The number of phenolic OH excluding ortho intramolecular Hbond substituents is 4. The Kier molecular flexibility index (Phi) is 9.35. The number of nitrogens with zero attached hydrogens (tertiary/aromatic N) is 1. The summed E-state index contributed by atoms with van der Waals surface area (Å²) in [6, 6.07) is 19.6. The van der Waals surface area contributed by atoms with Crippen molar-refractivity contribution in [2.45, 2.75) is 62.9 Å².